The zero-order valence-electron chi connectivity index (χ0n) is 11.6. The standard InChI is InChI=1S/C14H17F2NO4/c1-20-6-4-9-8-21-7-5-17(9)14(19)10-2-3-11(18)13(16)12(10)15/h2-3,9,18H,4-8H2,1H3. The number of methoxy groups -OCH3 is 1. The van der Waals surface area contributed by atoms with Crippen LogP contribution >= 0.6 is 0 Å². The van der Waals surface area contributed by atoms with Crippen LogP contribution in [0, 0.1) is 11.6 Å². The third-order valence-electron chi connectivity index (χ3n) is 3.44. The topological polar surface area (TPSA) is 59.0 Å². The Bertz CT molecular complexity index is 524. The normalized spacial score (nSPS) is 18.8. The van der Waals surface area contributed by atoms with Gasteiger partial charge in [0.15, 0.2) is 11.6 Å². The van der Waals surface area contributed by atoms with Gasteiger partial charge in [0.2, 0.25) is 5.82 Å². The van der Waals surface area contributed by atoms with Crippen molar-refractivity contribution >= 4 is 5.91 Å². The number of carbonyl (C=O) groups is 1. The van der Waals surface area contributed by atoms with E-state index in [4.69, 9.17) is 14.6 Å². The van der Waals surface area contributed by atoms with E-state index in [1.807, 2.05) is 0 Å². The Balaban J connectivity index is 2.22. The molecule has 0 saturated carbocycles. The molecule has 1 aromatic rings. The fourth-order valence-corrected chi connectivity index (χ4v) is 2.27. The number of hydrogen-bond acceptors (Lipinski definition) is 4. The maximum Gasteiger partial charge on any atom is 0.257 e. The molecular weight excluding hydrogens is 284 g/mol. The number of hydrogen-bond donors (Lipinski definition) is 1. The smallest absolute Gasteiger partial charge is 0.257 e. The van der Waals surface area contributed by atoms with Crippen LogP contribution < -0.4 is 0 Å². The van der Waals surface area contributed by atoms with E-state index in [9.17, 15) is 13.6 Å². The summed E-state index contributed by atoms with van der Waals surface area (Å²) in [6.45, 7) is 1.41. The van der Waals surface area contributed by atoms with Gasteiger partial charge in [-0.2, -0.15) is 4.39 Å². The number of morpholine rings is 1. The number of ether oxygens (including phenoxy) is 2. The minimum Gasteiger partial charge on any atom is -0.505 e. The van der Waals surface area contributed by atoms with Crippen LogP contribution in [0.3, 0.4) is 0 Å². The van der Waals surface area contributed by atoms with Gasteiger partial charge in [-0.3, -0.25) is 4.79 Å². The monoisotopic (exact) mass is 301 g/mol. The van der Waals surface area contributed by atoms with Gasteiger partial charge in [-0.1, -0.05) is 0 Å². The number of phenols is 1. The van der Waals surface area contributed by atoms with E-state index in [1.54, 1.807) is 7.11 Å². The third-order valence-corrected chi connectivity index (χ3v) is 3.44. The lowest BCUT2D eigenvalue weighted by Gasteiger charge is -2.35. The molecule has 1 saturated heterocycles. The zero-order valence-corrected chi connectivity index (χ0v) is 11.6. The molecule has 0 aliphatic carbocycles. The highest BCUT2D eigenvalue weighted by atomic mass is 19.2. The lowest BCUT2D eigenvalue weighted by atomic mass is 10.1. The molecule has 1 unspecified atom stereocenters. The number of aromatic hydroxyl groups is 1. The summed E-state index contributed by atoms with van der Waals surface area (Å²) in [7, 11) is 1.55. The number of amides is 1. The number of rotatable bonds is 4. The predicted molar refractivity (Wildman–Crippen MR) is 70.2 cm³/mol. The summed E-state index contributed by atoms with van der Waals surface area (Å²) in [5.41, 5.74) is -0.394. The molecule has 0 spiro atoms. The fourth-order valence-electron chi connectivity index (χ4n) is 2.27. The Labute approximate surface area is 121 Å². The molecule has 0 aromatic heterocycles. The van der Waals surface area contributed by atoms with E-state index in [2.05, 4.69) is 0 Å². The Morgan fingerprint density at radius 3 is 2.95 bits per heavy atom. The first-order chi connectivity index (χ1) is 10.1. The molecule has 1 aromatic carbocycles. The molecule has 1 heterocycles. The van der Waals surface area contributed by atoms with Gasteiger partial charge in [0.1, 0.15) is 0 Å². The van der Waals surface area contributed by atoms with Gasteiger partial charge in [0.25, 0.3) is 5.91 Å². The molecule has 0 radical (unpaired) electrons. The van der Waals surface area contributed by atoms with Gasteiger partial charge in [-0.05, 0) is 18.6 Å². The summed E-state index contributed by atoms with van der Waals surface area (Å²) in [6.07, 6.45) is 0.546. The van der Waals surface area contributed by atoms with Gasteiger partial charge in [0, 0.05) is 20.3 Å². The Kier molecular flexibility index (Phi) is 5.08. The van der Waals surface area contributed by atoms with E-state index in [0.29, 0.717) is 32.8 Å². The summed E-state index contributed by atoms with van der Waals surface area (Å²) in [4.78, 5) is 13.9. The van der Waals surface area contributed by atoms with E-state index < -0.39 is 28.9 Å². The van der Waals surface area contributed by atoms with Gasteiger partial charge < -0.3 is 19.5 Å². The Hall–Kier alpha value is -1.73. The van der Waals surface area contributed by atoms with Crippen molar-refractivity contribution in [1.29, 1.82) is 0 Å². The summed E-state index contributed by atoms with van der Waals surface area (Å²) in [6, 6.07) is 1.80. The minimum absolute atomic E-state index is 0.248. The van der Waals surface area contributed by atoms with Crippen molar-refractivity contribution < 1.29 is 28.2 Å². The van der Waals surface area contributed by atoms with Crippen molar-refractivity contribution in [3.63, 3.8) is 0 Å². The molecule has 7 heteroatoms. The summed E-state index contributed by atoms with van der Waals surface area (Å²) in [5, 5.41) is 9.11. The van der Waals surface area contributed by atoms with Crippen LogP contribution in [-0.2, 0) is 9.47 Å². The molecule has 21 heavy (non-hydrogen) atoms. The first kappa shape index (κ1) is 15.7. The molecule has 116 valence electrons. The highest BCUT2D eigenvalue weighted by Crippen LogP contribution is 2.24. The number of nitrogens with zero attached hydrogens (tertiary/aromatic N) is 1. The van der Waals surface area contributed by atoms with Gasteiger partial charge in [-0.25, -0.2) is 4.39 Å². The van der Waals surface area contributed by atoms with Crippen LogP contribution in [0.2, 0.25) is 0 Å². The van der Waals surface area contributed by atoms with Gasteiger partial charge in [0.05, 0.1) is 24.8 Å². The molecule has 1 aliphatic rings. The average molecular weight is 301 g/mol. The predicted octanol–water partition coefficient (Wildman–Crippen LogP) is 1.55. The molecular formula is C14H17F2NO4. The quantitative estimate of drug-likeness (QED) is 0.916. The van der Waals surface area contributed by atoms with E-state index >= 15 is 0 Å². The molecule has 1 atom stereocenters. The molecule has 1 N–H and O–H groups in total. The second-order valence-electron chi connectivity index (χ2n) is 4.77. The van der Waals surface area contributed by atoms with Crippen molar-refractivity contribution in [2.75, 3.05) is 33.5 Å². The first-order valence-electron chi connectivity index (χ1n) is 6.61. The Morgan fingerprint density at radius 2 is 2.24 bits per heavy atom. The lowest BCUT2D eigenvalue weighted by molar-refractivity contribution is -0.0106. The van der Waals surface area contributed by atoms with Crippen molar-refractivity contribution in [3.8, 4) is 5.75 Å². The number of carbonyl (C=O) groups excluding carboxylic acids is 1. The summed E-state index contributed by atoms with van der Waals surface area (Å²) < 4.78 is 37.5. The number of benzene rings is 1. The maximum absolute atomic E-state index is 13.8. The van der Waals surface area contributed by atoms with Crippen LogP contribution in [0.1, 0.15) is 16.8 Å². The first-order valence-corrected chi connectivity index (χ1v) is 6.61. The highest BCUT2D eigenvalue weighted by molar-refractivity contribution is 5.95. The molecule has 1 aliphatic heterocycles. The van der Waals surface area contributed by atoms with Gasteiger partial charge >= 0.3 is 0 Å². The molecule has 2 rings (SSSR count). The van der Waals surface area contributed by atoms with E-state index in [1.165, 1.54) is 4.90 Å². The third kappa shape index (κ3) is 3.30. The molecule has 0 bridgehead atoms. The lowest BCUT2D eigenvalue weighted by Crippen LogP contribution is -2.49. The van der Waals surface area contributed by atoms with Crippen LogP contribution in [0.15, 0.2) is 12.1 Å². The number of phenolic OH excluding ortho intramolecular Hbond substituents is 1. The van der Waals surface area contributed by atoms with Crippen LogP contribution in [0.4, 0.5) is 8.78 Å². The minimum atomic E-state index is -1.41. The average Bonchev–Trinajstić information content (AvgIpc) is 2.50. The maximum atomic E-state index is 13.8. The fraction of sp³-hybridized carbons (Fsp3) is 0.500. The van der Waals surface area contributed by atoms with Crippen LogP contribution in [0.25, 0.3) is 0 Å². The second-order valence-corrected chi connectivity index (χ2v) is 4.77. The molecule has 5 nitrogen and oxygen atoms in total. The van der Waals surface area contributed by atoms with Gasteiger partial charge in [-0.15, -0.1) is 0 Å². The van der Waals surface area contributed by atoms with Crippen LogP contribution in [-0.4, -0.2) is 55.4 Å². The largest absolute Gasteiger partial charge is 0.505 e. The summed E-state index contributed by atoms with van der Waals surface area (Å²) >= 11 is 0. The second kappa shape index (κ2) is 6.82. The summed E-state index contributed by atoms with van der Waals surface area (Å²) in [5.74, 6) is -4.18. The van der Waals surface area contributed by atoms with Crippen molar-refractivity contribution in [1.82, 2.24) is 4.90 Å². The highest BCUT2D eigenvalue weighted by Gasteiger charge is 2.30. The SMILES string of the molecule is COCCC1COCCN1C(=O)c1ccc(O)c(F)c1F. The Morgan fingerprint density at radius 1 is 1.48 bits per heavy atom. The zero-order chi connectivity index (χ0) is 15.4. The van der Waals surface area contributed by atoms with Crippen LogP contribution in [0.5, 0.6) is 5.75 Å². The molecule has 1 amide bonds. The molecule has 1 fully saturated rings. The van der Waals surface area contributed by atoms with Crippen molar-refractivity contribution in [2.24, 2.45) is 0 Å². The van der Waals surface area contributed by atoms with E-state index in [0.717, 1.165) is 12.1 Å². The van der Waals surface area contributed by atoms with E-state index in [-0.39, 0.29) is 6.04 Å². The van der Waals surface area contributed by atoms with Crippen molar-refractivity contribution in [3.05, 3.63) is 29.3 Å². The van der Waals surface area contributed by atoms with Crippen molar-refractivity contribution in [2.45, 2.75) is 12.5 Å². The number of halogens is 2.